The molecular weight excluding hydrogens is 270 g/mol. The second kappa shape index (κ2) is 6.92. The molecule has 0 radical (unpaired) electrons. The van der Waals surface area contributed by atoms with E-state index < -0.39 is 5.97 Å². The average molecular weight is 289 g/mol. The highest BCUT2D eigenvalue weighted by Gasteiger charge is 2.17. The van der Waals surface area contributed by atoms with Crippen LogP contribution in [0.15, 0.2) is 35.4 Å². The Bertz CT molecular complexity index is 577. The van der Waals surface area contributed by atoms with Crippen molar-refractivity contribution in [2.75, 3.05) is 6.61 Å². The van der Waals surface area contributed by atoms with Gasteiger partial charge >= 0.3 is 5.97 Å². The molecule has 2 N–H and O–H groups in total. The van der Waals surface area contributed by atoms with Crippen LogP contribution in [0.3, 0.4) is 0 Å². The van der Waals surface area contributed by atoms with Crippen LogP contribution >= 0.6 is 0 Å². The molecule has 0 spiro atoms. The Labute approximate surface area is 123 Å². The summed E-state index contributed by atoms with van der Waals surface area (Å²) in [6.45, 7) is 2.03. The second-order valence-corrected chi connectivity index (χ2v) is 5.12. The fourth-order valence-corrected chi connectivity index (χ4v) is 2.38. The van der Waals surface area contributed by atoms with Crippen molar-refractivity contribution in [3.63, 3.8) is 0 Å². The molecule has 1 aliphatic carbocycles. The highest BCUT2D eigenvalue weighted by atomic mass is 16.5. The molecule has 0 aliphatic heterocycles. The van der Waals surface area contributed by atoms with Crippen LogP contribution in [0.5, 0.6) is 5.75 Å². The maximum atomic E-state index is 12.1. The lowest BCUT2D eigenvalue weighted by Crippen LogP contribution is -2.24. The van der Waals surface area contributed by atoms with E-state index in [9.17, 15) is 9.59 Å². The first kappa shape index (κ1) is 15.1. The van der Waals surface area contributed by atoms with Crippen molar-refractivity contribution in [3.05, 3.63) is 41.0 Å². The molecule has 5 heteroatoms. The summed E-state index contributed by atoms with van der Waals surface area (Å²) < 4.78 is 5.11. The Morgan fingerprint density at radius 2 is 2.14 bits per heavy atom. The number of carbonyl (C=O) groups is 2. The third-order valence-electron chi connectivity index (χ3n) is 3.48. The number of benzene rings is 1. The highest BCUT2D eigenvalue weighted by molar-refractivity contribution is 5.94. The van der Waals surface area contributed by atoms with Gasteiger partial charge in [0.1, 0.15) is 5.75 Å². The minimum Gasteiger partial charge on any atom is -0.482 e. The third-order valence-corrected chi connectivity index (χ3v) is 3.48. The maximum absolute atomic E-state index is 12.1. The summed E-state index contributed by atoms with van der Waals surface area (Å²) in [7, 11) is 0. The Hall–Kier alpha value is -2.30. The summed E-state index contributed by atoms with van der Waals surface area (Å²) in [4.78, 5) is 22.5. The Kier molecular flexibility index (Phi) is 4.98. The van der Waals surface area contributed by atoms with Crippen LogP contribution in [0.4, 0.5) is 0 Å². The zero-order valence-electron chi connectivity index (χ0n) is 12.0. The summed E-state index contributed by atoms with van der Waals surface area (Å²) >= 11 is 0. The van der Waals surface area contributed by atoms with Gasteiger partial charge in [-0.15, -0.1) is 0 Å². The van der Waals surface area contributed by atoms with Gasteiger partial charge in [0, 0.05) is 12.1 Å². The average Bonchev–Trinajstić information content (AvgIpc) is 2.89. The monoisotopic (exact) mass is 289 g/mol. The number of hydrogen-bond donors (Lipinski definition) is 2. The van der Waals surface area contributed by atoms with Crippen molar-refractivity contribution in [2.45, 2.75) is 32.7 Å². The number of nitrogens with one attached hydrogen (secondary N) is 1. The number of rotatable bonds is 6. The first-order chi connectivity index (χ1) is 10.1. The van der Waals surface area contributed by atoms with Crippen molar-refractivity contribution in [1.29, 1.82) is 0 Å². The molecule has 1 aromatic carbocycles. The normalized spacial score (nSPS) is 14.1. The van der Waals surface area contributed by atoms with Crippen molar-refractivity contribution >= 4 is 11.9 Å². The smallest absolute Gasteiger partial charge is 0.341 e. The SMILES string of the molecule is CC1=C(C(=O)NCc2cccc(OCC(=O)O)c2)CCC1. The summed E-state index contributed by atoms with van der Waals surface area (Å²) in [6, 6.07) is 7.07. The van der Waals surface area contributed by atoms with Crippen LogP contribution < -0.4 is 10.1 Å². The minimum atomic E-state index is -1.02. The Morgan fingerprint density at radius 3 is 2.81 bits per heavy atom. The number of allylic oxidation sites excluding steroid dienone is 1. The van der Waals surface area contributed by atoms with Crippen LogP contribution in [0.2, 0.25) is 0 Å². The van der Waals surface area contributed by atoms with Gasteiger partial charge in [-0.05, 0) is 43.9 Å². The lowest BCUT2D eigenvalue weighted by atomic mass is 10.1. The maximum Gasteiger partial charge on any atom is 0.341 e. The number of hydrogen-bond acceptors (Lipinski definition) is 3. The molecule has 0 aromatic heterocycles. The van der Waals surface area contributed by atoms with Gasteiger partial charge in [0.2, 0.25) is 5.91 Å². The lowest BCUT2D eigenvalue weighted by molar-refractivity contribution is -0.139. The van der Waals surface area contributed by atoms with E-state index in [-0.39, 0.29) is 12.5 Å². The minimum absolute atomic E-state index is 0.0122. The fourth-order valence-electron chi connectivity index (χ4n) is 2.38. The van der Waals surface area contributed by atoms with Crippen LogP contribution in [-0.2, 0) is 16.1 Å². The third kappa shape index (κ3) is 4.34. The van der Waals surface area contributed by atoms with Crippen molar-refractivity contribution in [3.8, 4) is 5.75 Å². The number of carboxylic acids is 1. The second-order valence-electron chi connectivity index (χ2n) is 5.12. The molecule has 21 heavy (non-hydrogen) atoms. The van der Waals surface area contributed by atoms with E-state index in [0.29, 0.717) is 12.3 Å². The molecule has 0 bridgehead atoms. The molecule has 5 nitrogen and oxygen atoms in total. The Balaban J connectivity index is 1.91. The molecule has 0 unspecified atom stereocenters. The van der Waals surface area contributed by atoms with Gasteiger partial charge in [-0.1, -0.05) is 17.7 Å². The Morgan fingerprint density at radius 1 is 1.33 bits per heavy atom. The van der Waals surface area contributed by atoms with Gasteiger partial charge in [0.05, 0.1) is 0 Å². The topological polar surface area (TPSA) is 75.6 Å². The molecule has 0 heterocycles. The molecule has 0 saturated carbocycles. The van der Waals surface area contributed by atoms with Crippen LogP contribution in [0, 0.1) is 0 Å². The number of amides is 1. The van der Waals surface area contributed by atoms with Gasteiger partial charge in [-0.2, -0.15) is 0 Å². The van der Waals surface area contributed by atoms with Crippen molar-refractivity contribution in [2.24, 2.45) is 0 Å². The molecule has 1 aliphatic rings. The van der Waals surface area contributed by atoms with E-state index in [1.54, 1.807) is 18.2 Å². The standard InChI is InChI=1S/C16H19NO4/c1-11-4-2-7-14(11)16(20)17-9-12-5-3-6-13(8-12)21-10-15(18)19/h3,5-6,8H,2,4,7,9-10H2,1H3,(H,17,20)(H,18,19). The quantitative estimate of drug-likeness (QED) is 0.842. The zero-order valence-corrected chi connectivity index (χ0v) is 12.0. The predicted octanol–water partition coefficient (Wildman–Crippen LogP) is 2.27. The summed E-state index contributed by atoms with van der Waals surface area (Å²) in [5.41, 5.74) is 2.95. The summed E-state index contributed by atoms with van der Waals surface area (Å²) in [6.07, 6.45) is 2.90. The van der Waals surface area contributed by atoms with E-state index >= 15 is 0 Å². The summed E-state index contributed by atoms with van der Waals surface area (Å²) in [5.74, 6) is -0.542. The first-order valence-electron chi connectivity index (χ1n) is 6.96. The summed E-state index contributed by atoms with van der Waals surface area (Å²) in [5, 5.41) is 11.5. The van der Waals surface area contributed by atoms with E-state index in [1.165, 1.54) is 5.57 Å². The first-order valence-corrected chi connectivity index (χ1v) is 6.96. The molecular formula is C16H19NO4. The largest absolute Gasteiger partial charge is 0.482 e. The molecule has 0 fully saturated rings. The van der Waals surface area contributed by atoms with Gasteiger partial charge < -0.3 is 15.2 Å². The van der Waals surface area contributed by atoms with E-state index in [0.717, 1.165) is 30.4 Å². The van der Waals surface area contributed by atoms with Gasteiger partial charge in [-0.25, -0.2) is 4.79 Å². The molecule has 112 valence electrons. The highest BCUT2D eigenvalue weighted by Crippen LogP contribution is 2.25. The van der Waals surface area contributed by atoms with Crippen molar-refractivity contribution in [1.82, 2.24) is 5.32 Å². The number of ether oxygens (including phenoxy) is 1. The number of carbonyl (C=O) groups excluding carboxylic acids is 1. The molecule has 1 amide bonds. The van der Waals surface area contributed by atoms with Crippen LogP contribution in [-0.4, -0.2) is 23.6 Å². The van der Waals surface area contributed by atoms with E-state index in [4.69, 9.17) is 9.84 Å². The van der Waals surface area contributed by atoms with Crippen LogP contribution in [0.25, 0.3) is 0 Å². The zero-order chi connectivity index (χ0) is 15.2. The molecule has 2 rings (SSSR count). The predicted molar refractivity (Wildman–Crippen MR) is 78.0 cm³/mol. The van der Waals surface area contributed by atoms with E-state index in [2.05, 4.69) is 5.32 Å². The lowest BCUT2D eigenvalue weighted by Gasteiger charge is -2.09. The van der Waals surface area contributed by atoms with E-state index in [1.807, 2.05) is 13.0 Å². The molecule has 0 atom stereocenters. The van der Waals surface area contributed by atoms with Gasteiger partial charge in [0.25, 0.3) is 0 Å². The fraction of sp³-hybridized carbons (Fsp3) is 0.375. The molecule has 1 aromatic rings. The number of carboxylic acid groups (broad SMARTS) is 1. The number of aliphatic carboxylic acids is 1. The van der Waals surface area contributed by atoms with Crippen molar-refractivity contribution < 1.29 is 19.4 Å². The van der Waals surface area contributed by atoms with Gasteiger partial charge in [0.15, 0.2) is 6.61 Å². The van der Waals surface area contributed by atoms with Gasteiger partial charge in [-0.3, -0.25) is 4.79 Å². The molecule has 0 saturated heterocycles. The van der Waals surface area contributed by atoms with Crippen LogP contribution in [0.1, 0.15) is 31.7 Å².